The zero-order chi connectivity index (χ0) is 15.2. The van der Waals surface area contributed by atoms with Crippen LogP contribution in [0.4, 0.5) is 10.2 Å². The van der Waals surface area contributed by atoms with Gasteiger partial charge in [-0.1, -0.05) is 0 Å². The molecule has 2 aromatic rings. The molecule has 1 heterocycles. The molecule has 0 saturated heterocycles. The summed E-state index contributed by atoms with van der Waals surface area (Å²) in [6.07, 6.45) is 0.378. The number of hydrazone groups is 1. The first-order valence-electron chi connectivity index (χ1n) is 6.08. The Hall–Kier alpha value is -2.35. The molecule has 8 heteroatoms. The lowest BCUT2D eigenvalue weighted by molar-refractivity contribution is 0.570. The molecule has 0 saturated carbocycles. The number of nitrogen functional groups attached to an aromatic ring is 1. The molecule has 0 atom stereocenters. The second-order valence-electron chi connectivity index (χ2n) is 4.07. The van der Waals surface area contributed by atoms with Gasteiger partial charge in [0.05, 0.1) is 11.4 Å². The highest BCUT2D eigenvalue weighted by Crippen LogP contribution is 2.17. The van der Waals surface area contributed by atoms with Crippen molar-refractivity contribution >= 4 is 28.2 Å². The number of carbonyl (C=O) groups excluding carboxylic acids is 1. The second-order valence-corrected chi connectivity index (χ2v) is 4.97. The van der Waals surface area contributed by atoms with Crippen molar-refractivity contribution in [1.29, 1.82) is 0 Å². The number of carbonyl (C=O) groups is 1. The minimum Gasteiger partial charge on any atom is -0.384 e. The number of nitrogens with one attached hydrogen (secondary N) is 1. The minimum absolute atomic E-state index is 0.324. The molecular formula is C13H14FN5OS. The van der Waals surface area contributed by atoms with Gasteiger partial charge in [0.1, 0.15) is 16.7 Å². The summed E-state index contributed by atoms with van der Waals surface area (Å²) in [4.78, 5) is 10.6. The number of halogens is 1. The molecule has 0 radical (unpaired) electrons. The average Bonchev–Trinajstić information content (AvgIpc) is 2.81. The van der Waals surface area contributed by atoms with Crippen LogP contribution in [0.15, 0.2) is 35.4 Å². The standard InChI is InChI=1S/C13H14FN5OS/c1-16-17-13(21-8-20)7-10-6-12(15)19(18-10)11-4-2-9(14)3-5-11/h2-6,8,16H,7,15H2,1H3. The highest BCUT2D eigenvalue weighted by Gasteiger charge is 2.10. The predicted molar refractivity (Wildman–Crippen MR) is 82.5 cm³/mol. The van der Waals surface area contributed by atoms with Gasteiger partial charge in [-0.3, -0.25) is 4.79 Å². The first-order valence-corrected chi connectivity index (χ1v) is 6.96. The fourth-order valence-electron chi connectivity index (χ4n) is 1.77. The lowest BCUT2D eigenvalue weighted by Crippen LogP contribution is -2.06. The third-order valence-electron chi connectivity index (χ3n) is 2.61. The monoisotopic (exact) mass is 307 g/mol. The van der Waals surface area contributed by atoms with Crippen LogP contribution in [0, 0.1) is 5.82 Å². The van der Waals surface area contributed by atoms with Crippen LogP contribution in [0.5, 0.6) is 0 Å². The van der Waals surface area contributed by atoms with Crippen LogP contribution in [0.25, 0.3) is 5.69 Å². The molecule has 1 aromatic heterocycles. The largest absolute Gasteiger partial charge is 0.384 e. The number of rotatable bonds is 5. The topological polar surface area (TPSA) is 85.3 Å². The Morgan fingerprint density at radius 3 is 2.86 bits per heavy atom. The quantitative estimate of drug-likeness (QED) is 0.379. The van der Waals surface area contributed by atoms with Crippen molar-refractivity contribution < 1.29 is 9.18 Å². The lowest BCUT2D eigenvalue weighted by atomic mass is 10.3. The number of aromatic nitrogens is 2. The van der Waals surface area contributed by atoms with Gasteiger partial charge in [-0.2, -0.15) is 10.2 Å². The van der Waals surface area contributed by atoms with Crippen LogP contribution in [-0.4, -0.2) is 27.5 Å². The van der Waals surface area contributed by atoms with Gasteiger partial charge in [0, 0.05) is 19.5 Å². The Morgan fingerprint density at radius 2 is 2.24 bits per heavy atom. The Bertz CT molecular complexity index is 653. The highest BCUT2D eigenvalue weighted by molar-refractivity contribution is 8.24. The van der Waals surface area contributed by atoms with Crippen molar-refractivity contribution in [1.82, 2.24) is 15.2 Å². The van der Waals surface area contributed by atoms with Gasteiger partial charge >= 0.3 is 0 Å². The average molecular weight is 307 g/mol. The summed E-state index contributed by atoms with van der Waals surface area (Å²) < 4.78 is 14.4. The fourth-order valence-corrected chi connectivity index (χ4v) is 2.25. The molecule has 2 rings (SSSR count). The van der Waals surface area contributed by atoms with Crippen molar-refractivity contribution in [3.63, 3.8) is 0 Å². The second kappa shape index (κ2) is 6.89. The zero-order valence-electron chi connectivity index (χ0n) is 11.3. The van der Waals surface area contributed by atoms with Crippen LogP contribution in [0.1, 0.15) is 5.69 Å². The first kappa shape index (κ1) is 15.0. The summed E-state index contributed by atoms with van der Waals surface area (Å²) in [5, 5.41) is 8.92. The minimum atomic E-state index is -0.324. The summed E-state index contributed by atoms with van der Waals surface area (Å²) in [6.45, 7) is 0. The van der Waals surface area contributed by atoms with E-state index in [-0.39, 0.29) is 5.82 Å². The van der Waals surface area contributed by atoms with Crippen LogP contribution in [0.2, 0.25) is 0 Å². The molecule has 110 valence electrons. The van der Waals surface area contributed by atoms with E-state index in [9.17, 15) is 9.18 Å². The molecule has 21 heavy (non-hydrogen) atoms. The van der Waals surface area contributed by atoms with E-state index >= 15 is 0 Å². The third-order valence-corrected chi connectivity index (χ3v) is 3.22. The zero-order valence-corrected chi connectivity index (χ0v) is 12.1. The summed E-state index contributed by atoms with van der Waals surface area (Å²) >= 11 is 0.976. The Kier molecular flexibility index (Phi) is 4.94. The number of hydrogen-bond acceptors (Lipinski definition) is 6. The van der Waals surface area contributed by atoms with Crippen molar-refractivity contribution in [2.75, 3.05) is 12.8 Å². The predicted octanol–water partition coefficient (Wildman–Crippen LogP) is 1.59. The molecule has 0 bridgehead atoms. The van der Waals surface area contributed by atoms with E-state index in [0.717, 1.165) is 11.8 Å². The Labute approximate surface area is 125 Å². The smallest absolute Gasteiger partial charge is 0.182 e. The molecule has 0 amide bonds. The molecule has 3 N–H and O–H groups in total. The summed E-state index contributed by atoms with van der Waals surface area (Å²) in [5.41, 5.74) is 10.6. The molecule has 0 aliphatic rings. The number of nitrogens with zero attached hydrogens (tertiary/aromatic N) is 3. The lowest BCUT2D eigenvalue weighted by Gasteiger charge is -2.03. The van der Waals surface area contributed by atoms with Gasteiger partial charge in [-0.25, -0.2) is 9.07 Å². The first-order chi connectivity index (χ1) is 10.1. The molecular weight excluding hydrogens is 293 g/mol. The normalized spacial score (nSPS) is 11.4. The third kappa shape index (κ3) is 3.82. The van der Waals surface area contributed by atoms with Crippen LogP contribution >= 0.6 is 11.8 Å². The van der Waals surface area contributed by atoms with E-state index in [4.69, 9.17) is 5.73 Å². The molecule has 0 aliphatic carbocycles. The van der Waals surface area contributed by atoms with Crippen molar-refractivity contribution in [3.05, 3.63) is 41.8 Å². The van der Waals surface area contributed by atoms with Gasteiger partial charge in [-0.05, 0) is 36.0 Å². The van der Waals surface area contributed by atoms with Crippen molar-refractivity contribution in [2.45, 2.75) is 6.42 Å². The maximum absolute atomic E-state index is 12.9. The number of benzene rings is 1. The summed E-state index contributed by atoms with van der Waals surface area (Å²) in [5.74, 6) is 0.104. The SMILES string of the molecule is CNN=C(Cc1cc(N)n(-c2ccc(F)cc2)n1)SC=O. The van der Waals surface area contributed by atoms with E-state index in [1.807, 2.05) is 0 Å². The van der Waals surface area contributed by atoms with Gasteiger partial charge in [0.2, 0.25) is 0 Å². The Morgan fingerprint density at radius 1 is 1.52 bits per heavy atom. The molecule has 0 spiro atoms. The highest BCUT2D eigenvalue weighted by atomic mass is 32.2. The summed E-state index contributed by atoms with van der Waals surface area (Å²) in [6, 6.07) is 7.55. The van der Waals surface area contributed by atoms with Crippen LogP contribution in [0.3, 0.4) is 0 Å². The molecule has 0 aliphatic heterocycles. The van der Waals surface area contributed by atoms with Crippen LogP contribution < -0.4 is 11.2 Å². The summed E-state index contributed by atoms with van der Waals surface area (Å²) in [7, 11) is 1.65. The van der Waals surface area contributed by atoms with Gasteiger partial charge < -0.3 is 11.2 Å². The molecule has 6 nitrogen and oxygen atoms in total. The van der Waals surface area contributed by atoms with E-state index in [1.54, 1.807) is 25.2 Å². The fraction of sp³-hybridized carbons (Fsp3) is 0.154. The number of thioether (sulfide) groups is 1. The molecule has 0 unspecified atom stereocenters. The number of anilines is 1. The van der Waals surface area contributed by atoms with Gasteiger partial charge in [0.15, 0.2) is 5.62 Å². The van der Waals surface area contributed by atoms with E-state index < -0.39 is 0 Å². The number of nitrogens with two attached hydrogens (primary N) is 1. The van der Waals surface area contributed by atoms with Gasteiger partial charge in [-0.15, -0.1) is 0 Å². The van der Waals surface area contributed by atoms with Gasteiger partial charge in [0.25, 0.3) is 0 Å². The Balaban J connectivity index is 2.24. The number of hydrogen-bond donors (Lipinski definition) is 2. The molecule has 1 aromatic carbocycles. The van der Waals surface area contributed by atoms with Crippen molar-refractivity contribution in [2.24, 2.45) is 5.10 Å². The maximum Gasteiger partial charge on any atom is 0.182 e. The van der Waals surface area contributed by atoms with E-state index in [2.05, 4.69) is 15.6 Å². The molecule has 0 fully saturated rings. The van der Waals surface area contributed by atoms with E-state index in [0.29, 0.717) is 34.3 Å². The van der Waals surface area contributed by atoms with E-state index in [1.165, 1.54) is 16.8 Å². The van der Waals surface area contributed by atoms with Crippen LogP contribution in [-0.2, 0) is 11.2 Å². The van der Waals surface area contributed by atoms with Crippen molar-refractivity contribution in [3.8, 4) is 5.69 Å². The maximum atomic E-state index is 12.9.